The summed E-state index contributed by atoms with van der Waals surface area (Å²) in [4.78, 5) is 25.0. The van der Waals surface area contributed by atoms with Crippen molar-refractivity contribution in [3.63, 3.8) is 0 Å². The van der Waals surface area contributed by atoms with Crippen LogP contribution in [0.4, 0.5) is 0 Å². The smallest absolute Gasteiger partial charge is 0.326 e. The van der Waals surface area contributed by atoms with Crippen LogP contribution in [0.1, 0.15) is 76.0 Å². The quantitative estimate of drug-likeness (QED) is 0.472. The summed E-state index contributed by atoms with van der Waals surface area (Å²) in [5.74, 6) is -1.29. The van der Waals surface area contributed by atoms with Crippen LogP contribution in [0.5, 0.6) is 5.75 Å². The second-order valence-electron chi connectivity index (χ2n) is 9.26. The summed E-state index contributed by atoms with van der Waals surface area (Å²) in [5.41, 5.74) is 1.99. The van der Waals surface area contributed by atoms with Gasteiger partial charge in [0, 0.05) is 13.8 Å². The fourth-order valence-corrected chi connectivity index (χ4v) is 4.14. The molecule has 5 nitrogen and oxygen atoms in total. The molecule has 1 saturated heterocycles. The Hall–Kier alpha value is -2.82. The van der Waals surface area contributed by atoms with Gasteiger partial charge in [-0.1, -0.05) is 50.2 Å². The van der Waals surface area contributed by atoms with Crippen LogP contribution in [0.25, 0.3) is 0 Å². The highest BCUT2D eigenvalue weighted by atomic mass is 16.7. The highest BCUT2D eigenvalue weighted by molar-refractivity contribution is 6.01. The average Bonchev–Trinajstić information content (AvgIpc) is 2.71. The molecule has 3 rings (SSSR count). The first-order valence-electron chi connectivity index (χ1n) is 10.9. The van der Waals surface area contributed by atoms with E-state index >= 15 is 0 Å². The maximum absolute atomic E-state index is 12.5. The molecule has 1 heterocycles. The Kier molecular flexibility index (Phi) is 6.44. The van der Waals surface area contributed by atoms with E-state index in [9.17, 15) is 14.7 Å². The fraction of sp³-hybridized carbons (Fsp3) is 0.462. The number of aromatic hydroxyl groups is 1. The lowest BCUT2D eigenvalue weighted by molar-refractivity contribution is -0.249. The van der Waals surface area contributed by atoms with Crippen molar-refractivity contribution in [2.45, 2.75) is 71.5 Å². The lowest BCUT2D eigenvalue weighted by Crippen LogP contribution is -2.53. The van der Waals surface area contributed by atoms with Gasteiger partial charge >= 0.3 is 11.9 Å². The number of rotatable bonds is 7. The van der Waals surface area contributed by atoms with E-state index < -0.39 is 23.1 Å². The van der Waals surface area contributed by atoms with E-state index in [4.69, 9.17) is 9.47 Å². The van der Waals surface area contributed by atoms with Crippen LogP contribution in [0.2, 0.25) is 0 Å². The molecule has 0 radical (unpaired) electrons. The van der Waals surface area contributed by atoms with Crippen LogP contribution in [0, 0.1) is 5.41 Å². The Morgan fingerprint density at radius 3 is 1.90 bits per heavy atom. The van der Waals surface area contributed by atoms with E-state index in [2.05, 4.69) is 26.0 Å². The number of hydrogen-bond donors (Lipinski definition) is 1. The zero-order valence-electron chi connectivity index (χ0n) is 19.0. The molecule has 1 aliphatic heterocycles. The van der Waals surface area contributed by atoms with E-state index in [1.54, 1.807) is 32.9 Å². The highest BCUT2D eigenvalue weighted by Crippen LogP contribution is 2.36. The zero-order valence-corrected chi connectivity index (χ0v) is 19.0. The topological polar surface area (TPSA) is 72.8 Å². The summed E-state index contributed by atoms with van der Waals surface area (Å²) in [5, 5.41) is 9.53. The molecular weight excluding hydrogens is 392 g/mol. The molecule has 31 heavy (non-hydrogen) atoms. The molecular formula is C26H32O5. The van der Waals surface area contributed by atoms with Crippen LogP contribution in [0.3, 0.4) is 0 Å². The molecule has 0 saturated carbocycles. The summed E-state index contributed by atoms with van der Waals surface area (Å²) in [6.45, 7) is 9.07. The molecule has 1 N–H and O–H groups in total. The van der Waals surface area contributed by atoms with Crippen molar-refractivity contribution in [2.24, 2.45) is 5.41 Å². The van der Waals surface area contributed by atoms with Crippen molar-refractivity contribution in [3.8, 4) is 5.75 Å². The van der Waals surface area contributed by atoms with Gasteiger partial charge in [0.1, 0.15) is 5.75 Å². The van der Waals surface area contributed by atoms with Gasteiger partial charge in [0.15, 0.2) is 5.41 Å². The van der Waals surface area contributed by atoms with Crippen molar-refractivity contribution >= 4 is 11.9 Å². The Morgan fingerprint density at radius 1 is 0.871 bits per heavy atom. The number of ether oxygens (including phenoxy) is 2. The normalized spacial score (nSPS) is 19.3. The van der Waals surface area contributed by atoms with Crippen LogP contribution in [-0.4, -0.2) is 22.8 Å². The summed E-state index contributed by atoms with van der Waals surface area (Å²) in [6.07, 6.45) is 2.25. The summed E-state index contributed by atoms with van der Waals surface area (Å²) in [7, 11) is 0. The monoisotopic (exact) mass is 424 g/mol. The van der Waals surface area contributed by atoms with Gasteiger partial charge in [0.05, 0.1) is 0 Å². The van der Waals surface area contributed by atoms with E-state index in [0.29, 0.717) is 11.8 Å². The third-order valence-electron chi connectivity index (χ3n) is 6.18. The van der Waals surface area contributed by atoms with Gasteiger partial charge in [-0.2, -0.15) is 0 Å². The van der Waals surface area contributed by atoms with Crippen molar-refractivity contribution in [1.29, 1.82) is 0 Å². The molecule has 0 aliphatic carbocycles. The number of carbonyl (C=O) groups excluding carboxylic acids is 2. The van der Waals surface area contributed by atoms with Gasteiger partial charge in [0.25, 0.3) is 5.79 Å². The van der Waals surface area contributed by atoms with Crippen LogP contribution < -0.4 is 0 Å². The van der Waals surface area contributed by atoms with Crippen LogP contribution in [-0.2, 0) is 25.5 Å². The van der Waals surface area contributed by atoms with Crippen molar-refractivity contribution in [1.82, 2.24) is 0 Å². The Labute approximate surface area is 184 Å². The number of cyclic esters (lactones) is 2. The van der Waals surface area contributed by atoms with Gasteiger partial charge in [-0.15, -0.1) is 0 Å². The number of phenols is 1. The molecule has 2 unspecified atom stereocenters. The minimum atomic E-state index is -1.34. The standard InChI is InChI=1S/C26H32O5/c1-6-19(21-11-13-22(27)14-12-21)15-17(2)20-9-7-18(8-10-20)16-26(5)23(28)30-25(3,4)31-24(26)29/h7-14,17,19,27H,6,15-16H2,1-5H3. The maximum Gasteiger partial charge on any atom is 0.326 e. The molecule has 2 aromatic carbocycles. The molecule has 2 atom stereocenters. The van der Waals surface area contributed by atoms with Crippen molar-refractivity contribution in [2.75, 3.05) is 0 Å². The first-order chi connectivity index (χ1) is 14.5. The van der Waals surface area contributed by atoms with Gasteiger partial charge in [0.2, 0.25) is 0 Å². The van der Waals surface area contributed by atoms with E-state index in [-0.39, 0.29) is 12.2 Å². The first kappa shape index (κ1) is 22.9. The molecule has 166 valence electrons. The number of esters is 2. The molecule has 1 fully saturated rings. The molecule has 2 aromatic rings. The second-order valence-corrected chi connectivity index (χ2v) is 9.26. The Morgan fingerprint density at radius 2 is 1.39 bits per heavy atom. The van der Waals surface area contributed by atoms with Crippen molar-refractivity contribution in [3.05, 3.63) is 65.2 Å². The molecule has 5 heteroatoms. The van der Waals surface area contributed by atoms with E-state index in [1.807, 2.05) is 24.3 Å². The second kappa shape index (κ2) is 8.74. The number of hydrogen-bond acceptors (Lipinski definition) is 5. The van der Waals surface area contributed by atoms with Crippen LogP contribution >= 0.6 is 0 Å². The van der Waals surface area contributed by atoms with E-state index in [0.717, 1.165) is 18.4 Å². The predicted molar refractivity (Wildman–Crippen MR) is 119 cm³/mol. The minimum Gasteiger partial charge on any atom is -0.508 e. The van der Waals surface area contributed by atoms with Gasteiger partial charge < -0.3 is 14.6 Å². The first-order valence-corrected chi connectivity index (χ1v) is 10.9. The number of phenolic OH excluding ortho intramolecular Hbond substituents is 1. The van der Waals surface area contributed by atoms with E-state index in [1.165, 1.54) is 11.1 Å². The molecule has 0 bridgehead atoms. The molecule has 0 aromatic heterocycles. The predicted octanol–water partition coefficient (Wildman–Crippen LogP) is 5.46. The Bertz CT molecular complexity index is 907. The van der Waals surface area contributed by atoms with Crippen LogP contribution in [0.15, 0.2) is 48.5 Å². The number of carbonyl (C=O) groups is 2. The highest BCUT2D eigenvalue weighted by Gasteiger charge is 2.52. The van der Waals surface area contributed by atoms with Crippen molar-refractivity contribution < 1.29 is 24.2 Å². The lowest BCUT2D eigenvalue weighted by atomic mass is 9.81. The molecule has 0 spiro atoms. The zero-order chi connectivity index (χ0) is 22.8. The Balaban J connectivity index is 1.68. The molecule has 0 amide bonds. The average molecular weight is 425 g/mol. The summed E-state index contributed by atoms with van der Waals surface area (Å²) < 4.78 is 10.6. The SMILES string of the molecule is CCC(CC(C)c1ccc(CC2(C)C(=O)OC(C)(C)OC2=O)cc1)c1ccc(O)cc1. The fourth-order valence-electron chi connectivity index (χ4n) is 4.14. The van der Waals surface area contributed by atoms with Gasteiger partial charge in [-0.05, 0) is 66.8 Å². The maximum atomic E-state index is 12.5. The summed E-state index contributed by atoms with van der Waals surface area (Å²) in [6, 6.07) is 15.5. The minimum absolute atomic E-state index is 0.237. The van der Waals surface area contributed by atoms with Gasteiger partial charge in [-0.3, -0.25) is 9.59 Å². The third kappa shape index (κ3) is 5.09. The number of benzene rings is 2. The largest absolute Gasteiger partial charge is 0.508 e. The molecule has 1 aliphatic rings. The third-order valence-corrected chi connectivity index (χ3v) is 6.18. The summed E-state index contributed by atoms with van der Waals surface area (Å²) >= 11 is 0. The van der Waals surface area contributed by atoms with Gasteiger partial charge in [-0.25, -0.2) is 0 Å². The lowest BCUT2D eigenvalue weighted by Gasteiger charge is -2.38.